The molecule has 11 heteroatoms. The van der Waals surface area contributed by atoms with Crippen LogP contribution in [0, 0.1) is 11.8 Å². The molecule has 0 unspecified atom stereocenters. The summed E-state index contributed by atoms with van der Waals surface area (Å²) < 4.78 is 40.3. The minimum absolute atomic E-state index is 0.0486. The molecule has 42 heavy (non-hydrogen) atoms. The Labute approximate surface area is 243 Å². The van der Waals surface area contributed by atoms with Gasteiger partial charge < -0.3 is 53.6 Å². The Hall–Kier alpha value is -3.90. The fraction of sp³-hybridized carbons (Fsp3) is 0.419. The van der Waals surface area contributed by atoms with Gasteiger partial charge in [0, 0.05) is 11.8 Å². The first-order chi connectivity index (χ1) is 20.3. The zero-order valence-electron chi connectivity index (χ0n) is 23.9. The minimum atomic E-state index is -1.26. The molecule has 4 N–H and O–H groups in total. The van der Waals surface area contributed by atoms with E-state index in [-0.39, 0.29) is 47.0 Å². The highest BCUT2D eigenvalue weighted by atomic mass is 16.6. The summed E-state index contributed by atoms with van der Waals surface area (Å²) in [7, 11) is 5.90. The molecule has 2 heterocycles. The van der Waals surface area contributed by atoms with Crippen molar-refractivity contribution >= 4 is 0 Å². The van der Waals surface area contributed by atoms with Crippen LogP contribution in [0.3, 0.4) is 0 Å². The number of phenolic OH excluding ortho intramolecular Hbond substituents is 2. The number of methoxy groups -OCH3 is 4. The molecule has 5 rings (SSSR count). The fourth-order valence-electron chi connectivity index (χ4n) is 5.73. The number of aliphatic hydroxyl groups excluding tert-OH is 2. The number of benzene rings is 3. The number of hydrogen-bond donors (Lipinski definition) is 4. The predicted molar refractivity (Wildman–Crippen MR) is 150 cm³/mol. The lowest BCUT2D eigenvalue weighted by atomic mass is 9.84. The van der Waals surface area contributed by atoms with Gasteiger partial charge in [0.2, 0.25) is 5.75 Å². The Morgan fingerprint density at radius 3 is 1.76 bits per heavy atom. The third kappa shape index (κ3) is 5.48. The van der Waals surface area contributed by atoms with Crippen molar-refractivity contribution in [1.82, 2.24) is 0 Å². The maximum absolute atomic E-state index is 11.0. The van der Waals surface area contributed by atoms with Crippen molar-refractivity contribution in [3.05, 3.63) is 65.2 Å². The standard InChI is InChI=1S/C31H36O11/c1-36-23-9-16(5-7-21(23)33)28(35)27(13-32)42-31-25(38-3)11-18(12-26(31)39-4)30-20-15-40-29(19(20)14-41-30)17-6-8-22(34)24(10-17)37-2/h5-12,19-20,27-30,32-35H,13-15H2,1-4H3/t19-,20-,27+,28-,29+,30+/m1/s1. The first-order valence-electron chi connectivity index (χ1n) is 13.5. The summed E-state index contributed by atoms with van der Waals surface area (Å²) in [4.78, 5) is 0. The monoisotopic (exact) mass is 584 g/mol. The van der Waals surface area contributed by atoms with E-state index in [9.17, 15) is 20.4 Å². The number of hydrogen-bond acceptors (Lipinski definition) is 11. The lowest BCUT2D eigenvalue weighted by Crippen LogP contribution is -2.29. The average molecular weight is 585 g/mol. The molecule has 11 nitrogen and oxygen atoms in total. The van der Waals surface area contributed by atoms with Crippen LogP contribution in [0.4, 0.5) is 0 Å². The van der Waals surface area contributed by atoms with E-state index in [0.29, 0.717) is 36.0 Å². The molecule has 0 aliphatic carbocycles. The van der Waals surface area contributed by atoms with Gasteiger partial charge in [0.15, 0.2) is 40.6 Å². The highest BCUT2D eigenvalue weighted by molar-refractivity contribution is 5.55. The van der Waals surface area contributed by atoms with Crippen LogP contribution in [0.5, 0.6) is 40.2 Å². The lowest BCUT2D eigenvalue weighted by Gasteiger charge is -2.26. The summed E-state index contributed by atoms with van der Waals surface area (Å²) in [5.74, 6) is 1.56. The zero-order chi connectivity index (χ0) is 30.0. The maximum atomic E-state index is 11.0. The van der Waals surface area contributed by atoms with Gasteiger partial charge in [-0.25, -0.2) is 0 Å². The molecule has 0 radical (unpaired) electrons. The molecule has 0 spiro atoms. The van der Waals surface area contributed by atoms with E-state index in [2.05, 4.69) is 0 Å². The van der Waals surface area contributed by atoms with Gasteiger partial charge in [-0.3, -0.25) is 0 Å². The van der Waals surface area contributed by atoms with Crippen molar-refractivity contribution < 1.29 is 53.6 Å². The van der Waals surface area contributed by atoms with E-state index in [1.54, 1.807) is 24.3 Å². The number of rotatable bonds is 11. The van der Waals surface area contributed by atoms with Crippen molar-refractivity contribution in [2.45, 2.75) is 24.4 Å². The van der Waals surface area contributed by atoms with Crippen molar-refractivity contribution in [3.63, 3.8) is 0 Å². The Bertz CT molecular complexity index is 1370. The third-order valence-corrected chi connectivity index (χ3v) is 7.95. The second-order valence-corrected chi connectivity index (χ2v) is 10.2. The molecule has 0 aromatic heterocycles. The van der Waals surface area contributed by atoms with Crippen LogP contribution in [-0.4, -0.2) is 74.8 Å². The van der Waals surface area contributed by atoms with Gasteiger partial charge in [-0.1, -0.05) is 12.1 Å². The smallest absolute Gasteiger partial charge is 0.204 e. The molecule has 2 aliphatic rings. The SMILES string of the molecule is COc1cc([C@@H](O)[C@H](CO)Oc2c(OC)cc([C@@H]3OC[C@@H]4[C@H]3CO[C@H]4c3ccc(O)c(OC)c3)cc2OC)ccc1O. The molecule has 2 fully saturated rings. The molecule has 6 atom stereocenters. The van der Waals surface area contributed by atoms with E-state index in [4.69, 9.17) is 33.2 Å². The highest BCUT2D eigenvalue weighted by Crippen LogP contribution is 2.53. The van der Waals surface area contributed by atoms with Gasteiger partial charge in [0.1, 0.15) is 6.10 Å². The molecule has 2 aliphatic heterocycles. The van der Waals surface area contributed by atoms with Crippen LogP contribution in [-0.2, 0) is 9.47 Å². The van der Waals surface area contributed by atoms with Crippen molar-refractivity contribution in [1.29, 1.82) is 0 Å². The predicted octanol–water partition coefficient (Wildman–Crippen LogP) is 3.68. The molecule has 3 aromatic rings. The van der Waals surface area contributed by atoms with Gasteiger partial charge in [0.25, 0.3) is 0 Å². The Kier molecular flexibility index (Phi) is 8.83. The van der Waals surface area contributed by atoms with E-state index in [1.165, 1.54) is 46.6 Å². The zero-order valence-corrected chi connectivity index (χ0v) is 23.9. The summed E-state index contributed by atoms with van der Waals surface area (Å²) >= 11 is 0. The normalized spacial score (nSPS) is 22.7. The quantitative estimate of drug-likeness (QED) is 0.262. The summed E-state index contributed by atoms with van der Waals surface area (Å²) in [6.07, 6.45) is -2.87. The highest BCUT2D eigenvalue weighted by Gasteiger charge is 2.48. The number of ether oxygens (including phenoxy) is 7. The molecule has 226 valence electrons. The fourth-order valence-corrected chi connectivity index (χ4v) is 5.73. The largest absolute Gasteiger partial charge is 0.504 e. The Balaban J connectivity index is 1.39. The van der Waals surface area contributed by atoms with E-state index in [1.807, 2.05) is 6.07 Å². The molecule has 2 saturated heterocycles. The molecule has 3 aromatic carbocycles. The number of phenols is 2. The van der Waals surface area contributed by atoms with Gasteiger partial charge in [-0.2, -0.15) is 0 Å². The van der Waals surface area contributed by atoms with E-state index in [0.717, 1.165) is 11.1 Å². The van der Waals surface area contributed by atoms with Crippen LogP contribution in [0.25, 0.3) is 0 Å². The molecule has 0 bridgehead atoms. The van der Waals surface area contributed by atoms with Gasteiger partial charge in [-0.05, 0) is 53.1 Å². The van der Waals surface area contributed by atoms with Crippen LogP contribution >= 0.6 is 0 Å². The van der Waals surface area contributed by atoms with Crippen LogP contribution in [0.2, 0.25) is 0 Å². The summed E-state index contributed by atoms with van der Waals surface area (Å²) in [5, 5.41) is 41.0. The lowest BCUT2D eigenvalue weighted by molar-refractivity contribution is -0.00197. The first-order valence-corrected chi connectivity index (χ1v) is 13.5. The second kappa shape index (κ2) is 12.5. The second-order valence-electron chi connectivity index (χ2n) is 10.2. The number of aliphatic hydroxyl groups is 2. The minimum Gasteiger partial charge on any atom is -0.504 e. The molecular weight excluding hydrogens is 548 g/mol. The van der Waals surface area contributed by atoms with Crippen LogP contribution in [0.15, 0.2) is 48.5 Å². The number of fused-ring (bicyclic) bond motifs is 1. The van der Waals surface area contributed by atoms with E-state index < -0.39 is 18.8 Å². The van der Waals surface area contributed by atoms with Gasteiger partial charge in [0.05, 0.1) is 60.5 Å². The average Bonchev–Trinajstić information content (AvgIpc) is 3.62. The van der Waals surface area contributed by atoms with Gasteiger partial charge in [-0.15, -0.1) is 0 Å². The van der Waals surface area contributed by atoms with Crippen molar-refractivity contribution in [3.8, 4) is 40.2 Å². The summed E-state index contributed by atoms with van der Waals surface area (Å²) in [6, 6.07) is 13.2. The van der Waals surface area contributed by atoms with Crippen LogP contribution in [0.1, 0.15) is 35.0 Å². The summed E-state index contributed by atoms with van der Waals surface area (Å²) in [5.41, 5.74) is 2.09. The Morgan fingerprint density at radius 1 is 0.714 bits per heavy atom. The van der Waals surface area contributed by atoms with Gasteiger partial charge >= 0.3 is 0 Å². The molecule has 0 saturated carbocycles. The Morgan fingerprint density at radius 2 is 1.21 bits per heavy atom. The number of aromatic hydroxyl groups is 2. The maximum Gasteiger partial charge on any atom is 0.204 e. The third-order valence-electron chi connectivity index (χ3n) is 7.95. The van der Waals surface area contributed by atoms with E-state index >= 15 is 0 Å². The van der Waals surface area contributed by atoms with Crippen LogP contribution < -0.4 is 23.7 Å². The molecule has 0 amide bonds. The topological polar surface area (TPSA) is 146 Å². The molecular formula is C31H36O11. The van der Waals surface area contributed by atoms with Crippen molar-refractivity contribution in [2.24, 2.45) is 11.8 Å². The summed E-state index contributed by atoms with van der Waals surface area (Å²) in [6.45, 7) is 0.427. The first kappa shape index (κ1) is 29.6. The van der Waals surface area contributed by atoms with Crippen molar-refractivity contribution in [2.75, 3.05) is 48.3 Å².